The van der Waals surface area contributed by atoms with Gasteiger partial charge >= 0.3 is 0 Å². The van der Waals surface area contributed by atoms with Crippen molar-refractivity contribution in [2.75, 3.05) is 46.8 Å². The molecule has 0 aromatic heterocycles. The number of rotatable bonds is 7. The van der Waals surface area contributed by atoms with Gasteiger partial charge in [0.25, 0.3) is 0 Å². The number of carbonyl (C=O) groups is 1. The topological polar surface area (TPSA) is 60.0 Å². The summed E-state index contributed by atoms with van der Waals surface area (Å²) in [6, 6.07) is 0.598. The molecule has 0 spiro atoms. The lowest BCUT2D eigenvalue weighted by Crippen LogP contribution is -2.46. The van der Waals surface area contributed by atoms with E-state index in [9.17, 15) is 4.79 Å². The smallest absolute Gasteiger partial charge is 0.227 e. The third-order valence-electron chi connectivity index (χ3n) is 4.55. The molecule has 0 bridgehead atoms. The monoisotopic (exact) mass is 453 g/mol. The minimum atomic E-state index is -0.501. The lowest BCUT2D eigenvalue weighted by Gasteiger charge is -2.30. The van der Waals surface area contributed by atoms with Crippen molar-refractivity contribution >= 4 is 35.8 Å². The van der Waals surface area contributed by atoms with Crippen molar-refractivity contribution in [3.63, 3.8) is 0 Å². The first-order valence-electron chi connectivity index (χ1n) is 8.81. The predicted molar refractivity (Wildman–Crippen MR) is 112 cm³/mol. The second-order valence-electron chi connectivity index (χ2n) is 6.94. The maximum absolute atomic E-state index is 11.9. The number of aliphatic imine (C=N–C) groups is 1. The maximum atomic E-state index is 11.9. The van der Waals surface area contributed by atoms with Crippen LogP contribution >= 0.6 is 24.0 Å². The number of amides is 1. The summed E-state index contributed by atoms with van der Waals surface area (Å²) in [5.41, 5.74) is -0.501. The molecular weight excluding hydrogens is 417 g/mol. The molecule has 24 heavy (non-hydrogen) atoms. The number of hydrogen-bond acceptors (Lipinski definition) is 3. The Morgan fingerprint density at radius 2 is 2.04 bits per heavy atom. The Labute approximate surface area is 164 Å². The van der Waals surface area contributed by atoms with Crippen molar-refractivity contribution in [1.29, 1.82) is 0 Å². The SMILES string of the molecule is CCNC(=NCC(C)(C)C(=O)NC)N(C)CC1CCCN1CC.I. The van der Waals surface area contributed by atoms with Gasteiger partial charge in [-0.2, -0.15) is 0 Å². The lowest BCUT2D eigenvalue weighted by atomic mass is 9.93. The summed E-state index contributed by atoms with van der Waals surface area (Å²) < 4.78 is 0. The van der Waals surface area contributed by atoms with Crippen molar-refractivity contribution in [2.45, 2.75) is 46.6 Å². The Hall–Kier alpha value is -0.570. The molecule has 2 N–H and O–H groups in total. The molecule has 0 aromatic rings. The van der Waals surface area contributed by atoms with E-state index in [4.69, 9.17) is 4.99 Å². The summed E-state index contributed by atoms with van der Waals surface area (Å²) in [6.45, 7) is 12.7. The summed E-state index contributed by atoms with van der Waals surface area (Å²) >= 11 is 0. The van der Waals surface area contributed by atoms with Gasteiger partial charge in [0.05, 0.1) is 12.0 Å². The number of halogens is 1. The van der Waals surface area contributed by atoms with Crippen LogP contribution in [0.5, 0.6) is 0 Å². The molecular formula is C17H36IN5O. The van der Waals surface area contributed by atoms with Crippen molar-refractivity contribution < 1.29 is 4.79 Å². The molecule has 0 radical (unpaired) electrons. The Morgan fingerprint density at radius 3 is 2.58 bits per heavy atom. The van der Waals surface area contributed by atoms with Crippen LogP contribution in [0.15, 0.2) is 4.99 Å². The van der Waals surface area contributed by atoms with Crippen LogP contribution < -0.4 is 10.6 Å². The second kappa shape index (κ2) is 11.1. The molecule has 1 unspecified atom stereocenters. The zero-order valence-electron chi connectivity index (χ0n) is 16.2. The molecule has 1 heterocycles. The Kier molecular flexibility index (Phi) is 10.9. The van der Waals surface area contributed by atoms with E-state index in [2.05, 4.69) is 41.3 Å². The summed E-state index contributed by atoms with van der Waals surface area (Å²) in [5.74, 6) is 0.903. The zero-order valence-corrected chi connectivity index (χ0v) is 18.5. The number of likely N-dealkylation sites (N-methyl/N-ethyl adjacent to an activating group) is 2. The molecule has 1 atom stereocenters. The highest BCUT2D eigenvalue weighted by Crippen LogP contribution is 2.18. The fraction of sp³-hybridized carbons (Fsp3) is 0.882. The number of hydrogen-bond donors (Lipinski definition) is 2. The van der Waals surface area contributed by atoms with Gasteiger partial charge in [-0.3, -0.25) is 14.7 Å². The van der Waals surface area contributed by atoms with Crippen LogP contribution in [0, 0.1) is 5.41 Å². The van der Waals surface area contributed by atoms with Crippen LogP contribution in [0.3, 0.4) is 0 Å². The molecule has 1 fully saturated rings. The number of nitrogens with zero attached hydrogens (tertiary/aromatic N) is 3. The molecule has 1 aliphatic heterocycles. The Balaban J connectivity index is 0.00000529. The molecule has 0 aliphatic carbocycles. The molecule has 7 heteroatoms. The normalized spacial score (nSPS) is 18.9. The van der Waals surface area contributed by atoms with Crippen LogP contribution in [0.25, 0.3) is 0 Å². The van der Waals surface area contributed by atoms with E-state index < -0.39 is 5.41 Å². The number of carbonyl (C=O) groups excluding carboxylic acids is 1. The van der Waals surface area contributed by atoms with Crippen molar-refractivity contribution in [3.8, 4) is 0 Å². The van der Waals surface area contributed by atoms with Gasteiger partial charge in [-0.05, 0) is 46.7 Å². The number of nitrogens with one attached hydrogen (secondary N) is 2. The minimum Gasteiger partial charge on any atom is -0.359 e. The van der Waals surface area contributed by atoms with E-state index >= 15 is 0 Å². The Morgan fingerprint density at radius 1 is 1.38 bits per heavy atom. The van der Waals surface area contributed by atoms with E-state index in [1.807, 2.05) is 13.8 Å². The highest BCUT2D eigenvalue weighted by Gasteiger charge is 2.28. The first-order valence-corrected chi connectivity index (χ1v) is 8.81. The van der Waals surface area contributed by atoms with Crippen LogP contribution in [0.4, 0.5) is 0 Å². The maximum Gasteiger partial charge on any atom is 0.227 e. The molecule has 1 saturated heterocycles. The fourth-order valence-corrected chi connectivity index (χ4v) is 3.07. The van der Waals surface area contributed by atoms with Crippen molar-refractivity contribution in [2.24, 2.45) is 10.4 Å². The average Bonchev–Trinajstić information content (AvgIpc) is 2.97. The van der Waals surface area contributed by atoms with Gasteiger partial charge in [0.15, 0.2) is 5.96 Å². The van der Waals surface area contributed by atoms with Crippen molar-refractivity contribution in [3.05, 3.63) is 0 Å². The summed E-state index contributed by atoms with van der Waals surface area (Å²) in [7, 11) is 3.76. The van der Waals surface area contributed by atoms with Crippen LogP contribution in [-0.4, -0.2) is 74.5 Å². The minimum absolute atomic E-state index is 0. The van der Waals surface area contributed by atoms with Gasteiger partial charge in [0.2, 0.25) is 5.91 Å². The van der Waals surface area contributed by atoms with Gasteiger partial charge < -0.3 is 15.5 Å². The van der Waals surface area contributed by atoms with E-state index in [0.29, 0.717) is 12.6 Å². The van der Waals surface area contributed by atoms with Gasteiger partial charge in [-0.15, -0.1) is 24.0 Å². The molecule has 1 rings (SSSR count). The summed E-state index contributed by atoms with van der Waals surface area (Å²) in [4.78, 5) is 21.3. The molecule has 1 amide bonds. The third kappa shape index (κ3) is 6.74. The molecule has 1 aliphatic rings. The largest absolute Gasteiger partial charge is 0.359 e. The van der Waals surface area contributed by atoms with Gasteiger partial charge in [0.1, 0.15) is 0 Å². The van der Waals surface area contributed by atoms with Crippen LogP contribution in [0.1, 0.15) is 40.5 Å². The van der Waals surface area contributed by atoms with Crippen molar-refractivity contribution in [1.82, 2.24) is 20.4 Å². The number of guanidine groups is 1. The predicted octanol–water partition coefficient (Wildman–Crippen LogP) is 1.76. The third-order valence-corrected chi connectivity index (χ3v) is 4.55. The van der Waals surface area contributed by atoms with E-state index in [0.717, 1.165) is 25.6 Å². The Bertz CT molecular complexity index is 414. The van der Waals surface area contributed by atoms with E-state index in [1.165, 1.54) is 19.4 Å². The van der Waals surface area contributed by atoms with E-state index in [1.54, 1.807) is 7.05 Å². The molecule has 142 valence electrons. The van der Waals surface area contributed by atoms with Crippen LogP contribution in [-0.2, 0) is 4.79 Å². The second-order valence-corrected chi connectivity index (χ2v) is 6.94. The first kappa shape index (κ1) is 23.4. The fourth-order valence-electron chi connectivity index (χ4n) is 3.07. The van der Waals surface area contributed by atoms with Gasteiger partial charge in [0, 0.05) is 33.2 Å². The summed E-state index contributed by atoms with van der Waals surface area (Å²) in [6.07, 6.45) is 2.53. The van der Waals surface area contributed by atoms with E-state index in [-0.39, 0.29) is 29.9 Å². The highest BCUT2D eigenvalue weighted by molar-refractivity contribution is 14.0. The molecule has 0 saturated carbocycles. The average molecular weight is 453 g/mol. The highest BCUT2D eigenvalue weighted by atomic mass is 127. The standard InChI is InChI=1S/C17H35N5O.HI/c1-7-19-16(20-13-17(3,4)15(23)18-5)21(6)12-14-10-9-11-22(14)8-2;/h14H,7-13H2,1-6H3,(H,18,23)(H,19,20);1H. The van der Waals surface area contributed by atoms with Gasteiger partial charge in [-0.25, -0.2) is 0 Å². The zero-order chi connectivity index (χ0) is 17.5. The lowest BCUT2D eigenvalue weighted by molar-refractivity contribution is -0.128. The van der Waals surface area contributed by atoms with Gasteiger partial charge in [-0.1, -0.05) is 6.92 Å². The first-order chi connectivity index (χ1) is 10.9. The van der Waals surface area contributed by atoms with Crippen LogP contribution in [0.2, 0.25) is 0 Å². The summed E-state index contributed by atoms with van der Waals surface area (Å²) in [5, 5.41) is 6.06. The number of likely N-dealkylation sites (tertiary alicyclic amines) is 1. The quantitative estimate of drug-likeness (QED) is 0.351. The molecule has 0 aromatic carbocycles. The molecule has 6 nitrogen and oxygen atoms in total.